The molecule has 1 N–H and O–H groups in total. The second kappa shape index (κ2) is 6.20. The minimum Gasteiger partial charge on any atom is -0.335 e. The fraction of sp³-hybridized carbons (Fsp3) is 0.786. The maximum atomic E-state index is 4.33. The molecule has 1 saturated carbocycles. The molecule has 17 heavy (non-hydrogen) atoms. The van der Waals surface area contributed by atoms with Gasteiger partial charge in [0.15, 0.2) is 0 Å². The van der Waals surface area contributed by atoms with Crippen LogP contribution in [-0.2, 0) is 6.54 Å². The van der Waals surface area contributed by atoms with Crippen molar-refractivity contribution in [1.82, 2.24) is 14.9 Å². The van der Waals surface area contributed by atoms with E-state index < -0.39 is 0 Å². The van der Waals surface area contributed by atoms with Crippen molar-refractivity contribution in [2.45, 2.75) is 65.0 Å². The summed E-state index contributed by atoms with van der Waals surface area (Å²) in [6.07, 6.45) is 10.2. The Kier molecular flexibility index (Phi) is 4.60. The number of imidazole rings is 1. The molecular formula is C14H25N3. The number of hydrogen-bond donors (Lipinski definition) is 1. The van der Waals surface area contributed by atoms with E-state index in [2.05, 4.69) is 28.7 Å². The number of hydrogen-bond acceptors (Lipinski definition) is 2. The summed E-state index contributed by atoms with van der Waals surface area (Å²) in [5.74, 6) is 0. The van der Waals surface area contributed by atoms with Crippen molar-refractivity contribution in [3.8, 4) is 0 Å². The van der Waals surface area contributed by atoms with Gasteiger partial charge in [-0.05, 0) is 39.7 Å². The molecule has 0 bridgehead atoms. The molecule has 2 rings (SSSR count). The highest BCUT2D eigenvalue weighted by Gasteiger charge is 2.11. The minimum atomic E-state index is 0.786. The first-order valence-electron chi connectivity index (χ1n) is 6.99. The van der Waals surface area contributed by atoms with Crippen LogP contribution in [0.3, 0.4) is 0 Å². The lowest BCUT2D eigenvalue weighted by atomic mass is 9.95. The number of nitrogens with zero attached hydrogens (tertiary/aromatic N) is 2. The third-order valence-electron chi connectivity index (χ3n) is 3.96. The van der Waals surface area contributed by atoms with Gasteiger partial charge < -0.3 is 9.88 Å². The molecule has 96 valence electrons. The summed E-state index contributed by atoms with van der Waals surface area (Å²) in [6.45, 7) is 6.46. The summed E-state index contributed by atoms with van der Waals surface area (Å²) in [7, 11) is 0. The summed E-state index contributed by atoms with van der Waals surface area (Å²) in [5.41, 5.74) is 2.47. The molecule has 1 heterocycles. The quantitative estimate of drug-likeness (QED) is 0.795. The van der Waals surface area contributed by atoms with Crippen LogP contribution in [0.5, 0.6) is 0 Å². The third kappa shape index (κ3) is 3.56. The van der Waals surface area contributed by atoms with Gasteiger partial charge in [-0.15, -0.1) is 0 Å². The molecule has 0 radical (unpaired) electrons. The van der Waals surface area contributed by atoms with Gasteiger partial charge in [0.1, 0.15) is 0 Å². The molecule has 0 aliphatic heterocycles. The van der Waals surface area contributed by atoms with Crippen LogP contribution in [0.4, 0.5) is 0 Å². The average molecular weight is 235 g/mol. The highest BCUT2D eigenvalue weighted by Crippen LogP contribution is 2.17. The first-order chi connectivity index (χ1) is 8.27. The van der Waals surface area contributed by atoms with Gasteiger partial charge in [-0.3, -0.25) is 0 Å². The Labute approximate surface area is 105 Å². The van der Waals surface area contributed by atoms with E-state index in [4.69, 9.17) is 0 Å². The van der Waals surface area contributed by atoms with Crippen LogP contribution >= 0.6 is 0 Å². The molecule has 3 nitrogen and oxygen atoms in total. The van der Waals surface area contributed by atoms with Crippen LogP contribution in [0, 0.1) is 13.8 Å². The summed E-state index contributed by atoms with van der Waals surface area (Å²) in [5, 5.41) is 3.68. The van der Waals surface area contributed by atoms with Crippen molar-refractivity contribution in [2.24, 2.45) is 0 Å². The fourth-order valence-corrected chi connectivity index (χ4v) is 2.63. The highest BCUT2D eigenvalue weighted by atomic mass is 15.1. The van der Waals surface area contributed by atoms with E-state index in [1.54, 1.807) is 0 Å². The average Bonchev–Trinajstić information content (AvgIpc) is 2.67. The fourth-order valence-electron chi connectivity index (χ4n) is 2.63. The van der Waals surface area contributed by atoms with Crippen molar-refractivity contribution < 1.29 is 0 Å². The van der Waals surface area contributed by atoms with E-state index in [9.17, 15) is 0 Å². The number of aromatic nitrogens is 2. The molecule has 0 aromatic carbocycles. The van der Waals surface area contributed by atoms with Crippen LogP contribution in [0.1, 0.15) is 49.9 Å². The van der Waals surface area contributed by atoms with E-state index in [0.717, 1.165) is 24.8 Å². The number of rotatable bonds is 5. The van der Waals surface area contributed by atoms with Gasteiger partial charge >= 0.3 is 0 Å². The Morgan fingerprint density at radius 2 is 2.06 bits per heavy atom. The van der Waals surface area contributed by atoms with E-state index >= 15 is 0 Å². The largest absolute Gasteiger partial charge is 0.335 e. The Balaban J connectivity index is 1.64. The maximum absolute atomic E-state index is 4.33. The molecule has 1 aliphatic rings. The molecule has 0 amide bonds. The van der Waals surface area contributed by atoms with E-state index in [0.29, 0.717) is 0 Å². The first-order valence-corrected chi connectivity index (χ1v) is 6.99. The zero-order valence-electron chi connectivity index (χ0n) is 11.2. The molecular weight excluding hydrogens is 210 g/mol. The van der Waals surface area contributed by atoms with Crippen molar-refractivity contribution in [1.29, 1.82) is 0 Å². The lowest BCUT2D eigenvalue weighted by molar-refractivity contribution is 0.368. The molecule has 1 fully saturated rings. The minimum absolute atomic E-state index is 0.786. The zero-order valence-corrected chi connectivity index (χ0v) is 11.2. The monoisotopic (exact) mass is 235 g/mol. The highest BCUT2D eigenvalue weighted by molar-refractivity contribution is 5.08. The summed E-state index contributed by atoms with van der Waals surface area (Å²) in [6, 6.07) is 0.786. The van der Waals surface area contributed by atoms with Gasteiger partial charge in [-0.2, -0.15) is 0 Å². The van der Waals surface area contributed by atoms with Crippen LogP contribution in [0.15, 0.2) is 6.33 Å². The molecule has 0 atom stereocenters. The molecule has 0 unspecified atom stereocenters. The zero-order chi connectivity index (χ0) is 12.1. The summed E-state index contributed by atoms with van der Waals surface area (Å²) < 4.78 is 2.26. The normalized spacial score (nSPS) is 17.5. The Morgan fingerprint density at radius 1 is 1.29 bits per heavy atom. The van der Waals surface area contributed by atoms with Crippen molar-refractivity contribution >= 4 is 0 Å². The molecule has 1 aromatic rings. The molecule has 1 aliphatic carbocycles. The van der Waals surface area contributed by atoms with Crippen molar-refractivity contribution in [2.75, 3.05) is 6.54 Å². The maximum Gasteiger partial charge on any atom is 0.0951 e. The topological polar surface area (TPSA) is 29.9 Å². The third-order valence-corrected chi connectivity index (χ3v) is 3.96. The van der Waals surface area contributed by atoms with Gasteiger partial charge in [0.2, 0.25) is 0 Å². The van der Waals surface area contributed by atoms with E-state index in [1.165, 1.54) is 44.2 Å². The molecule has 0 spiro atoms. The standard InChI is InChI=1S/C14H25N3/c1-12-13(2)17(11-16-12)10-6-9-15-14-7-4-3-5-8-14/h11,14-15H,3-10H2,1-2H3. The Hall–Kier alpha value is -0.830. The summed E-state index contributed by atoms with van der Waals surface area (Å²) >= 11 is 0. The second-order valence-corrected chi connectivity index (χ2v) is 5.25. The first kappa shape index (κ1) is 12.6. The molecule has 0 saturated heterocycles. The lowest BCUT2D eigenvalue weighted by Crippen LogP contribution is -2.32. The number of aryl methyl sites for hydroxylation is 2. The van der Waals surface area contributed by atoms with Gasteiger partial charge in [0, 0.05) is 18.3 Å². The number of nitrogens with one attached hydrogen (secondary N) is 1. The van der Waals surface area contributed by atoms with Crippen molar-refractivity contribution in [3.63, 3.8) is 0 Å². The predicted molar refractivity (Wildman–Crippen MR) is 71.2 cm³/mol. The lowest BCUT2D eigenvalue weighted by Gasteiger charge is -2.22. The SMILES string of the molecule is Cc1ncn(CCCNC2CCCCC2)c1C. The van der Waals surface area contributed by atoms with Crippen molar-refractivity contribution in [3.05, 3.63) is 17.7 Å². The van der Waals surface area contributed by atoms with Gasteiger partial charge in [0.25, 0.3) is 0 Å². The van der Waals surface area contributed by atoms with Gasteiger partial charge in [-0.25, -0.2) is 4.98 Å². The van der Waals surface area contributed by atoms with E-state index in [-0.39, 0.29) is 0 Å². The van der Waals surface area contributed by atoms with Crippen LogP contribution in [-0.4, -0.2) is 22.1 Å². The second-order valence-electron chi connectivity index (χ2n) is 5.25. The predicted octanol–water partition coefficient (Wildman–Crippen LogP) is 2.81. The van der Waals surface area contributed by atoms with E-state index in [1.807, 2.05) is 6.33 Å². The van der Waals surface area contributed by atoms with Crippen LogP contribution in [0.25, 0.3) is 0 Å². The molecule has 1 aromatic heterocycles. The van der Waals surface area contributed by atoms with Crippen LogP contribution < -0.4 is 5.32 Å². The smallest absolute Gasteiger partial charge is 0.0951 e. The van der Waals surface area contributed by atoms with Gasteiger partial charge in [-0.1, -0.05) is 19.3 Å². The van der Waals surface area contributed by atoms with Gasteiger partial charge in [0.05, 0.1) is 12.0 Å². The Morgan fingerprint density at radius 3 is 2.71 bits per heavy atom. The summed E-state index contributed by atoms with van der Waals surface area (Å²) in [4.78, 5) is 4.33. The van der Waals surface area contributed by atoms with Crippen LogP contribution in [0.2, 0.25) is 0 Å². The molecule has 3 heteroatoms. The Bertz CT molecular complexity index is 337.